The number of aliphatic hydroxyl groups excluding tert-OH is 1. The molecule has 2 nitrogen and oxygen atoms in total. The van der Waals surface area contributed by atoms with Gasteiger partial charge in [-0.3, -0.25) is 0 Å². The number of hydrogen-bond donors (Lipinski definition) is 3. The molecule has 0 radical (unpaired) electrons. The lowest BCUT2D eigenvalue weighted by Crippen LogP contribution is -2.43. The zero-order valence-corrected chi connectivity index (χ0v) is 15.0. The first-order valence-corrected chi connectivity index (χ1v) is 9.30. The highest BCUT2D eigenvalue weighted by atomic mass is 35.5. The Bertz CT molecular complexity index is 242. The molecule has 3 atom stereocenters. The first kappa shape index (κ1) is 19.6. The highest BCUT2D eigenvalue weighted by molar-refractivity contribution is 7.81. The van der Waals surface area contributed by atoms with Gasteiger partial charge in [0.2, 0.25) is 0 Å². The van der Waals surface area contributed by atoms with E-state index in [0.29, 0.717) is 0 Å². The molecule has 126 valence electrons. The van der Waals surface area contributed by atoms with E-state index in [1.54, 1.807) is 0 Å². The molecule has 2 saturated carbocycles. The summed E-state index contributed by atoms with van der Waals surface area (Å²) in [6.07, 6.45) is 15.0. The number of halogens is 1. The van der Waals surface area contributed by atoms with Crippen LogP contribution in [0, 0.1) is 11.8 Å². The van der Waals surface area contributed by atoms with Gasteiger partial charge in [-0.05, 0) is 24.7 Å². The molecule has 0 spiro atoms. The van der Waals surface area contributed by atoms with Crippen molar-refractivity contribution in [3.63, 3.8) is 0 Å². The Labute approximate surface area is 142 Å². The van der Waals surface area contributed by atoms with Gasteiger partial charge in [0.1, 0.15) is 0 Å². The third-order valence-corrected chi connectivity index (χ3v) is 5.98. The largest absolute Gasteiger partial charge is 0.390 e. The van der Waals surface area contributed by atoms with E-state index in [4.69, 9.17) is 5.73 Å². The van der Waals surface area contributed by atoms with Crippen LogP contribution >= 0.6 is 25.0 Å². The second kappa shape index (κ2) is 10.4. The predicted octanol–water partition coefficient (Wildman–Crippen LogP) is 4.34. The molecule has 0 aliphatic heterocycles. The van der Waals surface area contributed by atoms with Gasteiger partial charge in [0.05, 0.1) is 6.10 Å². The van der Waals surface area contributed by atoms with Gasteiger partial charge in [0.25, 0.3) is 0 Å². The van der Waals surface area contributed by atoms with Crippen molar-refractivity contribution < 1.29 is 5.11 Å². The van der Waals surface area contributed by atoms with Gasteiger partial charge in [0.15, 0.2) is 0 Å². The summed E-state index contributed by atoms with van der Waals surface area (Å²) in [5, 5.41) is 10.5. The molecule has 2 aliphatic carbocycles. The molecule has 0 aromatic heterocycles. The fraction of sp³-hybridized carbons (Fsp3) is 1.00. The van der Waals surface area contributed by atoms with E-state index in [1.807, 2.05) is 0 Å². The monoisotopic (exact) mass is 335 g/mol. The summed E-state index contributed by atoms with van der Waals surface area (Å²) in [4.78, 5) is 0. The lowest BCUT2D eigenvalue weighted by Gasteiger charge is -2.31. The van der Waals surface area contributed by atoms with Crippen LogP contribution in [0.3, 0.4) is 0 Å². The number of thiol groups is 1. The second-order valence-corrected chi connectivity index (χ2v) is 7.86. The van der Waals surface area contributed by atoms with Gasteiger partial charge in [-0.15, -0.1) is 12.4 Å². The Morgan fingerprint density at radius 2 is 1.29 bits per heavy atom. The van der Waals surface area contributed by atoms with E-state index in [1.165, 1.54) is 64.2 Å². The molecule has 0 aromatic carbocycles. The van der Waals surface area contributed by atoms with Crippen molar-refractivity contribution in [3.8, 4) is 0 Å². The summed E-state index contributed by atoms with van der Waals surface area (Å²) >= 11 is 4.66. The lowest BCUT2D eigenvalue weighted by atomic mass is 9.81. The normalized spacial score (nSPS) is 25.9. The minimum Gasteiger partial charge on any atom is -0.390 e. The number of nitrogens with two attached hydrogens (primary N) is 1. The first-order valence-electron chi connectivity index (χ1n) is 8.78. The van der Waals surface area contributed by atoms with Crippen molar-refractivity contribution in [1.29, 1.82) is 0 Å². The van der Waals surface area contributed by atoms with Gasteiger partial charge in [0, 0.05) is 11.3 Å². The van der Waals surface area contributed by atoms with Crippen molar-refractivity contribution in [2.75, 3.05) is 0 Å². The highest BCUT2D eigenvalue weighted by Gasteiger charge is 2.28. The standard InChI is InChI=1S/C17H33NOS.ClH/c18-15(11-13-7-3-1-4-8-13)17(19)16(20)12-14-9-5-2-6-10-14;/h13-17,19-20H,1-12,18H2;1H. The molecule has 0 saturated heterocycles. The zero-order valence-electron chi connectivity index (χ0n) is 13.3. The summed E-state index contributed by atoms with van der Waals surface area (Å²) < 4.78 is 0. The molecule has 2 fully saturated rings. The summed E-state index contributed by atoms with van der Waals surface area (Å²) in [6.45, 7) is 0. The topological polar surface area (TPSA) is 46.2 Å². The third kappa shape index (κ3) is 6.68. The van der Waals surface area contributed by atoms with Crippen molar-refractivity contribution in [2.24, 2.45) is 17.6 Å². The molecule has 2 rings (SSSR count). The molecule has 2 aliphatic rings. The van der Waals surface area contributed by atoms with E-state index in [0.717, 1.165) is 24.7 Å². The number of aliphatic hydroxyl groups is 1. The van der Waals surface area contributed by atoms with Crippen LogP contribution in [0.1, 0.15) is 77.0 Å². The SMILES string of the molecule is Cl.NC(CC1CCCCC1)C(O)C(S)CC1CCCCC1. The zero-order chi connectivity index (χ0) is 14.4. The average molecular weight is 336 g/mol. The smallest absolute Gasteiger partial charge is 0.0807 e. The Kier molecular flexibility index (Phi) is 9.67. The summed E-state index contributed by atoms with van der Waals surface area (Å²) in [6, 6.07) is -0.0795. The van der Waals surface area contributed by atoms with E-state index >= 15 is 0 Å². The fourth-order valence-electron chi connectivity index (χ4n) is 4.14. The second-order valence-electron chi connectivity index (χ2n) is 7.20. The third-order valence-electron chi connectivity index (χ3n) is 5.46. The minimum atomic E-state index is -0.429. The van der Waals surface area contributed by atoms with Crippen molar-refractivity contribution in [3.05, 3.63) is 0 Å². The van der Waals surface area contributed by atoms with Crippen LogP contribution in [0.5, 0.6) is 0 Å². The molecule has 4 heteroatoms. The van der Waals surface area contributed by atoms with Crippen LogP contribution in [-0.4, -0.2) is 22.5 Å². The molecular weight excluding hydrogens is 302 g/mol. The highest BCUT2D eigenvalue weighted by Crippen LogP contribution is 2.32. The first-order chi connectivity index (χ1) is 9.66. The predicted molar refractivity (Wildman–Crippen MR) is 96.4 cm³/mol. The van der Waals surface area contributed by atoms with Crippen LogP contribution in [0.25, 0.3) is 0 Å². The van der Waals surface area contributed by atoms with Crippen LogP contribution in [0.15, 0.2) is 0 Å². The molecule has 0 bridgehead atoms. The molecule has 0 aromatic rings. The van der Waals surface area contributed by atoms with Gasteiger partial charge < -0.3 is 10.8 Å². The maximum atomic E-state index is 10.4. The van der Waals surface area contributed by atoms with E-state index in [2.05, 4.69) is 12.6 Å². The Balaban J connectivity index is 0.00000220. The van der Waals surface area contributed by atoms with E-state index < -0.39 is 6.10 Å². The minimum absolute atomic E-state index is 0. The maximum absolute atomic E-state index is 10.4. The molecule has 3 unspecified atom stereocenters. The van der Waals surface area contributed by atoms with Gasteiger partial charge in [-0.25, -0.2) is 0 Å². The van der Waals surface area contributed by atoms with Crippen LogP contribution < -0.4 is 5.73 Å². The summed E-state index contributed by atoms with van der Waals surface area (Å²) in [5.41, 5.74) is 6.26. The molecule has 21 heavy (non-hydrogen) atoms. The summed E-state index contributed by atoms with van der Waals surface area (Å²) in [7, 11) is 0. The van der Waals surface area contributed by atoms with Gasteiger partial charge in [-0.2, -0.15) is 12.6 Å². The van der Waals surface area contributed by atoms with Crippen LogP contribution in [0.2, 0.25) is 0 Å². The van der Waals surface area contributed by atoms with E-state index in [-0.39, 0.29) is 23.7 Å². The molecular formula is C17H34ClNOS. The van der Waals surface area contributed by atoms with Crippen molar-refractivity contribution in [2.45, 2.75) is 94.4 Å². The van der Waals surface area contributed by atoms with Crippen LogP contribution in [-0.2, 0) is 0 Å². The van der Waals surface area contributed by atoms with Crippen LogP contribution in [0.4, 0.5) is 0 Å². The number of hydrogen-bond acceptors (Lipinski definition) is 3. The average Bonchev–Trinajstić information content (AvgIpc) is 2.48. The fourth-order valence-corrected chi connectivity index (χ4v) is 4.66. The van der Waals surface area contributed by atoms with Gasteiger partial charge >= 0.3 is 0 Å². The Morgan fingerprint density at radius 1 is 0.857 bits per heavy atom. The molecule has 0 amide bonds. The lowest BCUT2D eigenvalue weighted by molar-refractivity contribution is 0.114. The number of rotatable bonds is 6. The molecule has 0 heterocycles. The maximum Gasteiger partial charge on any atom is 0.0807 e. The van der Waals surface area contributed by atoms with Crippen molar-refractivity contribution in [1.82, 2.24) is 0 Å². The van der Waals surface area contributed by atoms with Gasteiger partial charge in [-0.1, -0.05) is 64.2 Å². The van der Waals surface area contributed by atoms with E-state index in [9.17, 15) is 5.11 Å². The Morgan fingerprint density at radius 3 is 1.76 bits per heavy atom. The Hall–Kier alpha value is 0.560. The quantitative estimate of drug-likeness (QED) is 0.632. The van der Waals surface area contributed by atoms with Crippen molar-refractivity contribution >= 4 is 25.0 Å². The summed E-state index contributed by atoms with van der Waals surface area (Å²) in [5.74, 6) is 1.51. The molecule has 3 N–H and O–H groups in total.